The summed E-state index contributed by atoms with van der Waals surface area (Å²) in [6.07, 6.45) is 1.00. The van der Waals surface area contributed by atoms with Crippen molar-refractivity contribution >= 4 is 22.6 Å². The largest absolute Gasteiger partial charge is 0.493 e. The van der Waals surface area contributed by atoms with Gasteiger partial charge in [-0.3, -0.25) is 9.89 Å². The van der Waals surface area contributed by atoms with Crippen molar-refractivity contribution in [2.45, 2.75) is 6.10 Å². The number of amides is 1. The lowest BCUT2D eigenvalue weighted by molar-refractivity contribution is -0.128. The lowest BCUT2D eigenvalue weighted by atomic mass is 10.2. The minimum atomic E-state index is -0.536. The molecule has 1 aromatic carbocycles. The number of morpholine rings is 1. The molecule has 142 valence electrons. The van der Waals surface area contributed by atoms with Crippen LogP contribution in [0.3, 0.4) is 0 Å². The standard InChI is InChI=1S/C17H20N6O4/c1-25-12-5-9-10(6-13(12)26-2)21-16(20-9)15-11(7-19-23-15)22-17(24)14-8-18-3-4-27-14/h5-7,14,18H,3-4,8H2,1-2H3,(H,19,23)(H,20,21)(H,22,24). The second kappa shape index (κ2) is 7.25. The maximum absolute atomic E-state index is 12.4. The third kappa shape index (κ3) is 3.32. The van der Waals surface area contributed by atoms with Crippen LogP contribution >= 0.6 is 0 Å². The van der Waals surface area contributed by atoms with Crippen LogP contribution in [0.2, 0.25) is 0 Å². The number of anilines is 1. The van der Waals surface area contributed by atoms with E-state index in [0.29, 0.717) is 47.4 Å². The van der Waals surface area contributed by atoms with Crippen LogP contribution in [0.5, 0.6) is 11.5 Å². The quantitative estimate of drug-likeness (QED) is 0.524. The average molecular weight is 372 g/mol. The van der Waals surface area contributed by atoms with E-state index in [9.17, 15) is 4.79 Å². The Morgan fingerprint density at radius 3 is 2.85 bits per heavy atom. The van der Waals surface area contributed by atoms with Gasteiger partial charge in [0.2, 0.25) is 0 Å². The van der Waals surface area contributed by atoms with Crippen molar-refractivity contribution in [3.8, 4) is 23.0 Å². The lowest BCUT2D eigenvalue weighted by Crippen LogP contribution is -2.45. The van der Waals surface area contributed by atoms with Gasteiger partial charge in [0.05, 0.1) is 43.7 Å². The molecule has 1 unspecified atom stereocenters. The van der Waals surface area contributed by atoms with E-state index < -0.39 is 6.10 Å². The Labute approximate surface area is 154 Å². The summed E-state index contributed by atoms with van der Waals surface area (Å²) in [6, 6.07) is 3.59. The Morgan fingerprint density at radius 1 is 1.30 bits per heavy atom. The van der Waals surface area contributed by atoms with Gasteiger partial charge in [0.1, 0.15) is 11.8 Å². The maximum atomic E-state index is 12.4. The second-order valence-corrected chi connectivity index (χ2v) is 6.02. The summed E-state index contributed by atoms with van der Waals surface area (Å²) in [5.41, 5.74) is 2.57. The molecule has 3 aromatic rings. The molecule has 0 saturated carbocycles. The van der Waals surface area contributed by atoms with Crippen molar-refractivity contribution in [3.05, 3.63) is 18.3 Å². The maximum Gasteiger partial charge on any atom is 0.254 e. The molecule has 1 saturated heterocycles. The van der Waals surface area contributed by atoms with Crippen molar-refractivity contribution in [2.75, 3.05) is 39.2 Å². The highest BCUT2D eigenvalue weighted by molar-refractivity contribution is 5.97. The van der Waals surface area contributed by atoms with Gasteiger partial charge in [-0.05, 0) is 0 Å². The SMILES string of the molecule is COc1cc2nc(-c3[nH]ncc3NC(=O)C3CNCCO3)[nH]c2cc1OC. The summed E-state index contributed by atoms with van der Waals surface area (Å²) in [5, 5.41) is 12.9. The molecule has 1 amide bonds. The van der Waals surface area contributed by atoms with E-state index in [1.54, 1.807) is 26.4 Å². The van der Waals surface area contributed by atoms with Crippen LogP contribution in [0, 0.1) is 0 Å². The molecular weight excluding hydrogens is 352 g/mol. The number of imidazole rings is 1. The number of nitrogens with zero attached hydrogens (tertiary/aromatic N) is 2. The molecule has 1 atom stereocenters. The third-order valence-electron chi connectivity index (χ3n) is 4.34. The molecule has 0 radical (unpaired) electrons. The number of hydrogen-bond acceptors (Lipinski definition) is 7. The van der Waals surface area contributed by atoms with Crippen molar-refractivity contribution in [1.82, 2.24) is 25.5 Å². The molecule has 1 fully saturated rings. The zero-order valence-corrected chi connectivity index (χ0v) is 15.0. The Morgan fingerprint density at radius 2 is 2.11 bits per heavy atom. The van der Waals surface area contributed by atoms with Crippen LogP contribution in [0.25, 0.3) is 22.6 Å². The van der Waals surface area contributed by atoms with Crippen molar-refractivity contribution < 1.29 is 19.0 Å². The molecule has 10 nitrogen and oxygen atoms in total. The van der Waals surface area contributed by atoms with E-state index in [-0.39, 0.29) is 5.91 Å². The predicted octanol–water partition coefficient (Wildman–Crippen LogP) is 0.897. The Bertz CT molecular complexity index is 919. The van der Waals surface area contributed by atoms with E-state index in [0.717, 1.165) is 12.1 Å². The number of hydrogen-bond donors (Lipinski definition) is 4. The highest BCUT2D eigenvalue weighted by Crippen LogP contribution is 2.33. The first kappa shape index (κ1) is 17.3. The minimum absolute atomic E-state index is 0.232. The van der Waals surface area contributed by atoms with Crippen LogP contribution in [-0.2, 0) is 9.53 Å². The summed E-state index contributed by atoms with van der Waals surface area (Å²) >= 11 is 0. The Kier molecular flexibility index (Phi) is 4.65. The highest BCUT2D eigenvalue weighted by Gasteiger charge is 2.24. The number of fused-ring (bicyclic) bond motifs is 1. The summed E-state index contributed by atoms with van der Waals surface area (Å²) in [6.45, 7) is 1.72. The van der Waals surface area contributed by atoms with E-state index in [1.165, 1.54) is 6.20 Å². The van der Waals surface area contributed by atoms with Gasteiger partial charge < -0.3 is 29.8 Å². The van der Waals surface area contributed by atoms with Crippen molar-refractivity contribution in [1.29, 1.82) is 0 Å². The number of carbonyl (C=O) groups is 1. The molecule has 1 aliphatic heterocycles. The molecule has 0 aliphatic carbocycles. The summed E-state index contributed by atoms with van der Waals surface area (Å²) < 4.78 is 16.1. The zero-order valence-electron chi connectivity index (χ0n) is 15.0. The molecule has 4 rings (SSSR count). The predicted molar refractivity (Wildman–Crippen MR) is 98.0 cm³/mol. The lowest BCUT2D eigenvalue weighted by Gasteiger charge is -2.22. The number of rotatable bonds is 5. The number of aromatic nitrogens is 4. The van der Waals surface area contributed by atoms with Crippen LogP contribution in [0.4, 0.5) is 5.69 Å². The normalized spacial score (nSPS) is 17.0. The van der Waals surface area contributed by atoms with Gasteiger partial charge >= 0.3 is 0 Å². The molecule has 4 N–H and O–H groups in total. The van der Waals surface area contributed by atoms with E-state index in [2.05, 4.69) is 30.8 Å². The third-order valence-corrected chi connectivity index (χ3v) is 4.34. The van der Waals surface area contributed by atoms with Crippen LogP contribution < -0.4 is 20.1 Å². The molecule has 10 heteroatoms. The van der Waals surface area contributed by atoms with E-state index in [4.69, 9.17) is 14.2 Å². The number of aromatic amines is 2. The number of nitrogens with one attached hydrogen (secondary N) is 4. The average Bonchev–Trinajstić information content (AvgIpc) is 3.33. The van der Waals surface area contributed by atoms with E-state index >= 15 is 0 Å². The van der Waals surface area contributed by atoms with Crippen molar-refractivity contribution in [3.63, 3.8) is 0 Å². The van der Waals surface area contributed by atoms with Gasteiger partial charge in [-0.25, -0.2) is 4.98 Å². The Hall–Kier alpha value is -3.11. The summed E-state index contributed by atoms with van der Waals surface area (Å²) in [4.78, 5) is 20.2. The van der Waals surface area contributed by atoms with Gasteiger partial charge in [-0.2, -0.15) is 5.10 Å². The first-order valence-electron chi connectivity index (χ1n) is 8.48. The highest BCUT2D eigenvalue weighted by atomic mass is 16.5. The Balaban J connectivity index is 1.62. The molecule has 2 aromatic heterocycles. The number of H-pyrrole nitrogens is 2. The number of carbonyl (C=O) groups excluding carboxylic acids is 1. The first-order chi connectivity index (χ1) is 13.2. The van der Waals surface area contributed by atoms with Gasteiger partial charge in [0.25, 0.3) is 5.91 Å². The fourth-order valence-corrected chi connectivity index (χ4v) is 2.96. The smallest absolute Gasteiger partial charge is 0.254 e. The van der Waals surface area contributed by atoms with Gasteiger partial charge in [-0.1, -0.05) is 0 Å². The molecule has 1 aliphatic rings. The topological polar surface area (TPSA) is 126 Å². The zero-order chi connectivity index (χ0) is 18.8. The summed E-state index contributed by atoms with van der Waals surface area (Å²) in [5.74, 6) is 1.49. The molecule has 0 spiro atoms. The van der Waals surface area contributed by atoms with Gasteiger partial charge in [0, 0.05) is 25.2 Å². The monoisotopic (exact) mass is 372 g/mol. The number of benzene rings is 1. The van der Waals surface area contributed by atoms with Gasteiger partial charge in [-0.15, -0.1) is 0 Å². The molecule has 3 heterocycles. The molecule has 27 heavy (non-hydrogen) atoms. The number of methoxy groups -OCH3 is 2. The fourth-order valence-electron chi connectivity index (χ4n) is 2.96. The second-order valence-electron chi connectivity index (χ2n) is 6.02. The van der Waals surface area contributed by atoms with E-state index in [1.807, 2.05) is 0 Å². The van der Waals surface area contributed by atoms with Crippen LogP contribution in [-0.4, -0.2) is 66.1 Å². The first-order valence-corrected chi connectivity index (χ1v) is 8.48. The molecule has 0 bridgehead atoms. The van der Waals surface area contributed by atoms with Crippen LogP contribution in [0.15, 0.2) is 18.3 Å². The van der Waals surface area contributed by atoms with Gasteiger partial charge in [0.15, 0.2) is 17.3 Å². The minimum Gasteiger partial charge on any atom is -0.493 e. The fraction of sp³-hybridized carbons (Fsp3) is 0.353. The number of ether oxygens (including phenoxy) is 3. The van der Waals surface area contributed by atoms with Crippen LogP contribution in [0.1, 0.15) is 0 Å². The van der Waals surface area contributed by atoms with Crippen molar-refractivity contribution in [2.24, 2.45) is 0 Å². The molecular formula is C17H20N6O4. The summed E-state index contributed by atoms with van der Waals surface area (Å²) in [7, 11) is 3.15.